The summed E-state index contributed by atoms with van der Waals surface area (Å²) in [4.78, 5) is 0. The molecule has 0 atom stereocenters. The van der Waals surface area contributed by atoms with Crippen LogP contribution in [0.2, 0.25) is 0 Å². The van der Waals surface area contributed by atoms with Crippen LogP contribution in [0.3, 0.4) is 0 Å². The van der Waals surface area contributed by atoms with Gasteiger partial charge in [0.15, 0.2) is 0 Å². The molecule has 0 saturated carbocycles. The highest BCUT2D eigenvalue weighted by molar-refractivity contribution is 6.14. The molecule has 0 amide bonds. The first-order chi connectivity index (χ1) is 42.8. The number of nitriles is 1. The monoisotopic (exact) mass is 1190 g/mol. The van der Waals surface area contributed by atoms with Crippen LogP contribution < -0.4 is 0 Å². The van der Waals surface area contributed by atoms with Gasteiger partial charge in [0.05, 0.1) is 56.2 Å². The Hall–Kier alpha value is -9.91. The number of hydrogen-bond donors (Lipinski definition) is 0. The minimum absolute atomic E-state index is 0.238. The zero-order valence-electron chi connectivity index (χ0n) is 52.4. The summed E-state index contributed by atoms with van der Waals surface area (Å²) in [5.41, 5.74) is 22.9. The highest BCUT2D eigenvalue weighted by atomic mass is 19.4. The van der Waals surface area contributed by atoms with E-state index in [-0.39, 0.29) is 11.1 Å². The molecule has 2 heterocycles. The summed E-state index contributed by atoms with van der Waals surface area (Å²) in [6.45, 7) is 25.3. The van der Waals surface area contributed by atoms with E-state index in [0.717, 1.165) is 161 Å². The Bertz CT molecular complexity index is 4890. The number of aryl methyl sites for hydroxylation is 12. The molecule has 0 bridgehead atoms. The lowest BCUT2D eigenvalue weighted by atomic mass is 9.89. The Kier molecular flexibility index (Phi) is 14.2. The number of hydrogen-bond acceptors (Lipinski definition) is 1. The van der Waals surface area contributed by atoms with Gasteiger partial charge in [-0.25, -0.2) is 0 Å². The maximum atomic E-state index is 15.5. The Morgan fingerprint density at radius 1 is 0.300 bits per heavy atom. The van der Waals surface area contributed by atoms with Crippen molar-refractivity contribution >= 4 is 43.6 Å². The van der Waals surface area contributed by atoms with E-state index < -0.39 is 29.0 Å². The molecule has 90 heavy (non-hydrogen) atoms. The van der Waals surface area contributed by atoms with Crippen molar-refractivity contribution in [2.24, 2.45) is 0 Å². The van der Waals surface area contributed by atoms with Gasteiger partial charge in [0.25, 0.3) is 0 Å². The van der Waals surface area contributed by atoms with Gasteiger partial charge in [0.1, 0.15) is 0 Å². The summed E-state index contributed by atoms with van der Waals surface area (Å²) < 4.78 is 97.0. The van der Waals surface area contributed by atoms with Crippen LogP contribution in [0.1, 0.15) is 83.5 Å². The summed E-state index contributed by atoms with van der Waals surface area (Å²) >= 11 is 0. The average Bonchev–Trinajstić information content (AvgIpc) is 1.46. The summed E-state index contributed by atoms with van der Waals surface area (Å²) in [7, 11) is 0. The van der Waals surface area contributed by atoms with Crippen LogP contribution in [0, 0.1) is 94.4 Å². The molecular weight excluding hydrogens is 1130 g/mol. The number of aromatic nitrogens is 2. The highest BCUT2D eigenvalue weighted by Crippen LogP contribution is 2.50. The summed E-state index contributed by atoms with van der Waals surface area (Å²) in [5, 5.41) is 14.6. The van der Waals surface area contributed by atoms with Crippen LogP contribution in [0.5, 0.6) is 0 Å². The van der Waals surface area contributed by atoms with Gasteiger partial charge in [-0.15, -0.1) is 0 Å². The maximum Gasteiger partial charge on any atom is 0.417 e. The molecule has 0 unspecified atom stereocenters. The Labute approximate surface area is 520 Å². The molecule has 446 valence electrons. The third-order valence-electron chi connectivity index (χ3n) is 18.3. The van der Waals surface area contributed by atoms with Gasteiger partial charge >= 0.3 is 12.4 Å². The Balaban J connectivity index is 1.17. The molecule has 11 aromatic carbocycles. The number of fused-ring (bicyclic) bond motifs is 6. The quantitative estimate of drug-likeness (QED) is 0.140. The predicted octanol–water partition coefficient (Wildman–Crippen LogP) is 23.5. The molecule has 2 aromatic heterocycles. The van der Waals surface area contributed by atoms with Crippen LogP contribution in [-0.2, 0) is 12.4 Å². The van der Waals surface area contributed by atoms with E-state index in [4.69, 9.17) is 0 Å². The van der Waals surface area contributed by atoms with E-state index in [0.29, 0.717) is 34.6 Å². The van der Waals surface area contributed by atoms with E-state index in [9.17, 15) is 5.26 Å². The van der Waals surface area contributed by atoms with Crippen molar-refractivity contribution in [2.75, 3.05) is 0 Å². The molecule has 13 aromatic rings. The van der Waals surface area contributed by atoms with Crippen molar-refractivity contribution in [3.05, 3.63) is 259 Å². The van der Waals surface area contributed by atoms with Gasteiger partial charge < -0.3 is 9.13 Å². The highest BCUT2D eigenvalue weighted by Gasteiger charge is 2.41. The van der Waals surface area contributed by atoms with Crippen LogP contribution in [0.15, 0.2) is 176 Å². The van der Waals surface area contributed by atoms with Crippen molar-refractivity contribution < 1.29 is 26.3 Å². The summed E-state index contributed by atoms with van der Waals surface area (Å²) in [6, 6.07) is 57.3. The second-order valence-electron chi connectivity index (χ2n) is 25.0. The van der Waals surface area contributed by atoms with E-state index in [1.807, 2.05) is 6.07 Å². The van der Waals surface area contributed by atoms with Gasteiger partial charge in [-0.3, -0.25) is 0 Å². The first-order valence-electron chi connectivity index (χ1n) is 30.2. The van der Waals surface area contributed by atoms with Crippen molar-refractivity contribution in [1.82, 2.24) is 9.13 Å². The molecule has 0 spiro atoms. The molecule has 0 radical (unpaired) electrons. The predicted molar refractivity (Wildman–Crippen MR) is 359 cm³/mol. The second kappa shape index (κ2) is 21.7. The largest absolute Gasteiger partial charge is 0.417 e. The lowest BCUT2D eigenvalue weighted by Gasteiger charge is -2.23. The summed E-state index contributed by atoms with van der Waals surface area (Å²) in [5.74, 6) is 0. The SMILES string of the molecule is Cc1cc(C)c(-c2ccc3c(c2)c2cc(-c4c(C)cc(C)cc4C)ccc2n3-c2ccc(C#N)cc2-c2cc(-c3c(C(F)(F)F)cccc3C(F)(F)F)ccc2-n2c3ccc(-c4c(C)cc(C)cc4C)cc3c3cc(-c4c(C)cc(C)cc4C)ccc32)c(C)c1. The molecule has 0 aliphatic heterocycles. The Morgan fingerprint density at radius 2 is 0.567 bits per heavy atom. The van der Waals surface area contributed by atoms with Gasteiger partial charge in [0.2, 0.25) is 0 Å². The normalized spacial score (nSPS) is 12.1. The molecule has 3 nitrogen and oxygen atoms in total. The first kappa shape index (κ1) is 59.1. The van der Waals surface area contributed by atoms with Crippen molar-refractivity contribution in [1.29, 1.82) is 5.26 Å². The van der Waals surface area contributed by atoms with E-state index in [2.05, 4.69) is 220 Å². The van der Waals surface area contributed by atoms with Crippen molar-refractivity contribution in [2.45, 2.75) is 95.4 Å². The van der Waals surface area contributed by atoms with E-state index in [1.165, 1.54) is 12.1 Å². The van der Waals surface area contributed by atoms with Crippen LogP contribution in [-0.4, -0.2) is 9.13 Å². The molecule has 0 aliphatic carbocycles. The third-order valence-corrected chi connectivity index (χ3v) is 18.3. The molecule has 0 saturated heterocycles. The van der Waals surface area contributed by atoms with Gasteiger partial charge in [-0.1, -0.05) is 107 Å². The second-order valence-corrected chi connectivity index (χ2v) is 25.0. The first-order valence-corrected chi connectivity index (χ1v) is 30.2. The number of alkyl halides is 6. The topological polar surface area (TPSA) is 33.6 Å². The summed E-state index contributed by atoms with van der Waals surface area (Å²) in [6.07, 6.45) is -10.3. The average molecular weight is 1190 g/mol. The smallest absolute Gasteiger partial charge is 0.309 e. The lowest BCUT2D eigenvalue weighted by Crippen LogP contribution is -2.14. The van der Waals surface area contributed by atoms with Crippen molar-refractivity contribution in [3.63, 3.8) is 0 Å². The number of rotatable bonds is 8. The van der Waals surface area contributed by atoms with E-state index >= 15 is 26.3 Å². The molecular formula is C81H65F6N3. The minimum Gasteiger partial charge on any atom is -0.309 e. The molecule has 13 rings (SSSR count). The van der Waals surface area contributed by atoms with Crippen molar-refractivity contribution in [3.8, 4) is 84.2 Å². The molecule has 0 fully saturated rings. The fourth-order valence-electron chi connectivity index (χ4n) is 15.2. The zero-order chi connectivity index (χ0) is 63.7. The van der Waals surface area contributed by atoms with Crippen LogP contribution in [0.4, 0.5) is 26.3 Å². The fraction of sp³-hybridized carbons (Fsp3) is 0.173. The van der Waals surface area contributed by atoms with Gasteiger partial charge in [-0.05, 0) is 269 Å². The van der Waals surface area contributed by atoms with Crippen LogP contribution in [0.25, 0.3) is 122 Å². The third kappa shape index (κ3) is 9.94. The standard InChI is InChI=1S/C81H65F6N3/c1-43-28-47(5)75(48(6)29-43)56-17-23-71-63(37-56)64-38-57(76-49(7)30-44(2)31-50(76)8)18-24-72(64)89(71)69-22-16-55(42-88)36-61(69)62-41-60(79-67(80(82,83)84)14-13-15-68(79)81(85,86)87)21-27-70(62)90-73-25-19-58(77-51(9)32-45(3)33-52(77)10)39-65(73)66-40-59(20-26-74(66)90)78-53(11)34-46(4)35-54(78)12/h13-41H,1-12H3. The zero-order valence-corrected chi connectivity index (χ0v) is 52.4. The number of halogens is 6. The minimum atomic E-state index is -5.17. The lowest BCUT2D eigenvalue weighted by molar-refractivity contribution is -0.142. The number of benzene rings is 11. The van der Waals surface area contributed by atoms with Gasteiger partial charge in [0, 0.05) is 38.2 Å². The molecule has 9 heteroatoms. The molecule has 0 N–H and O–H groups in total. The molecule has 0 aliphatic rings. The fourth-order valence-corrected chi connectivity index (χ4v) is 15.2. The number of nitrogens with zero attached hydrogens (tertiary/aromatic N) is 3. The van der Waals surface area contributed by atoms with Gasteiger partial charge in [-0.2, -0.15) is 31.6 Å². The maximum absolute atomic E-state index is 15.5. The van der Waals surface area contributed by atoms with Crippen LogP contribution >= 0.6 is 0 Å². The van der Waals surface area contributed by atoms with E-state index in [1.54, 1.807) is 18.2 Å². The Morgan fingerprint density at radius 3 is 0.856 bits per heavy atom.